The van der Waals surface area contributed by atoms with E-state index in [1.165, 1.54) is 0 Å². The van der Waals surface area contributed by atoms with Gasteiger partial charge in [-0.15, -0.1) is 0 Å². The second kappa shape index (κ2) is 7.78. The zero-order valence-electron chi connectivity index (χ0n) is 12.9. The Labute approximate surface area is 134 Å². The van der Waals surface area contributed by atoms with Crippen molar-refractivity contribution in [2.75, 3.05) is 24.7 Å². The van der Waals surface area contributed by atoms with Gasteiger partial charge in [-0.05, 0) is 54.1 Å². The highest BCUT2D eigenvalue weighted by molar-refractivity contribution is 9.11. The van der Waals surface area contributed by atoms with Crippen LogP contribution in [0.4, 0.5) is 11.4 Å². The Hall–Kier alpha value is -1.88. The summed E-state index contributed by atoms with van der Waals surface area (Å²) in [6.45, 7) is 7.63. The van der Waals surface area contributed by atoms with Crippen LogP contribution in [0.15, 0.2) is 51.5 Å². The number of hydrogen-bond donors (Lipinski definition) is 1. The fourth-order valence-corrected chi connectivity index (χ4v) is 2.02. The predicted molar refractivity (Wildman–Crippen MR) is 97.7 cm³/mol. The lowest BCUT2D eigenvalue weighted by Gasteiger charge is -2.20. The molecule has 0 radical (unpaired) electrons. The lowest BCUT2D eigenvalue weighted by molar-refractivity contribution is 1.25. The number of hydrogen-bond acceptors (Lipinski definition) is 3. The van der Waals surface area contributed by atoms with Crippen LogP contribution < -0.4 is 10.6 Å². The summed E-state index contributed by atoms with van der Waals surface area (Å²) in [5.74, 6) is 0.771. The van der Waals surface area contributed by atoms with Crippen LogP contribution in [0.1, 0.15) is 19.4 Å². The molecule has 0 aliphatic heterocycles. The molecule has 0 fully saturated rings. The van der Waals surface area contributed by atoms with Gasteiger partial charge in [0.1, 0.15) is 10.4 Å². The molecule has 0 spiro atoms. The van der Waals surface area contributed by atoms with Gasteiger partial charge in [0, 0.05) is 36.7 Å². The van der Waals surface area contributed by atoms with Crippen LogP contribution in [0.5, 0.6) is 0 Å². The predicted octanol–water partition coefficient (Wildman–Crippen LogP) is 3.98. The van der Waals surface area contributed by atoms with Crippen LogP contribution >= 0.6 is 15.9 Å². The number of rotatable bonds is 4. The number of halogens is 1. The van der Waals surface area contributed by atoms with E-state index in [1.54, 1.807) is 7.05 Å². The Morgan fingerprint density at radius 3 is 2.57 bits per heavy atom. The van der Waals surface area contributed by atoms with Crippen LogP contribution in [-0.2, 0) is 0 Å². The van der Waals surface area contributed by atoms with Crippen molar-refractivity contribution in [2.45, 2.75) is 13.8 Å². The van der Waals surface area contributed by atoms with Gasteiger partial charge in [-0.1, -0.05) is 12.7 Å². The topological polar surface area (TPSA) is 54.0 Å². The molecule has 5 heteroatoms. The van der Waals surface area contributed by atoms with Crippen LogP contribution in [0.3, 0.4) is 0 Å². The lowest BCUT2D eigenvalue weighted by Crippen LogP contribution is -2.24. The average molecular weight is 349 g/mol. The number of nitrogens with zero attached hydrogens (tertiary/aromatic N) is 3. The Morgan fingerprint density at radius 2 is 2.10 bits per heavy atom. The highest BCUT2D eigenvalue weighted by Crippen LogP contribution is 2.22. The maximum atomic E-state index is 6.12. The SMILES string of the molecule is C=C(Br)/N=C(\C=C/C)N(C)c1ccc(C(C)=NC)c(N)c1. The Bertz CT molecular complexity index is 615. The summed E-state index contributed by atoms with van der Waals surface area (Å²) in [6.07, 6.45) is 3.84. The monoisotopic (exact) mass is 348 g/mol. The summed E-state index contributed by atoms with van der Waals surface area (Å²) in [6, 6.07) is 5.89. The van der Waals surface area contributed by atoms with Gasteiger partial charge < -0.3 is 10.6 Å². The van der Waals surface area contributed by atoms with Gasteiger partial charge in [0.25, 0.3) is 0 Å². The van der Waals surface area contributed by atoms with E-state index < -0.39 is 0 Å². The summed E-state index contributed by atoms with van der Waals surface area (Å²) in [5, 5.41) is 0. The number of allylic oxidation sites excluding steroid dienone is 1. The number of benzene rings is 1. The van der Waals surface area contributed by atoms with Crippen LogP contribution in [0.2, 0.25) is 0 Å². The third-order valence-corrected chi connectivity index (χ3v) is 3.22. The number of aliphatic imine (C=N–C) groups is 2. The molecule has 1 aromatic rings. The summed E-state index contributed by atoms with van der Waals surface area (Å²) < 4.78 is 0.570. The minimum atomic E-state index is 0.570. The minimum Gasteiger partial charge on any atom is -0.398 e. The van der Waals surface area contributed by atoms with Crippen molar-refractivity contribution in [1.29, 1.82) is 0 Å². The zero-order chi connectivity index (χ0) is 16.0. The van der Waals surface area contributed by atoms with Gasteiger partial charge in [0.05, 0.1) is 0 Å². The molecule has 4 nitrogen and oxygen atoms in total. The maximum absolute atomic E-state index is 6.12. The van der Waals surface area contributed by atoms with Gasteiger partial charge in [-0.3, -0.25) is 4.99 Å². The van der Waals surface area contributed by atoms with Gasteiger partial charge in [-0.25, -0.2) is 4.99 Å². The molecule has 2 N–H and O–H groups in total. The van der Waals surface area contributed by atoms with Crippen molar-refractivity contribution >= 4 is 38.9 Å². The first-order valence-electron chi connectivity index (χ1n) is 6.53. The van der Waals surface area contributed by atoms with E-state index in [-0.39, 0.29) is 0 Å². The van der Waals surface area contributed by atoms with Crippen molar-refractivity contribution in [2.24, 2.45) is 9.98 Å². The normalized spacial score (nSPS) is 12.8. The number of nitrogen functional groups attached to an aromatic ring is 1. The van der Waals surface area contributed by atoms with E-state index in [0.29, 0.717) is 10.3 Å². The number of amidine groups is 1. The number of anilines is 2. The van der Waals surface area contributed by atoms with Crippen molar-refractivity contribution in [3.05, 3.63) is 47.1 Å². The molecular weight excluding hydrogens is 328 g/mol. The molecule has 1 rings (SSSR count). The molecule has 0 atom stereocenters. The Balaban J connectivity index is 3.21. The Kier molecular flexibility index (Phi) is 6.37. The molecule has 0 bridgehead atoms. The standard InChI is InChI=1S/C16H21BrN4/c1-6-7-16(20-12(3)17)21(5)13-8-9-14(11(2)19-4)15(18)10-13/h6-10H,3,18H2,1-2,4-5H3/b7-6-,19-11?,20-16+. The first kappa shape index (κ1) is 17.2. The molecule has 0 saturated heterocycles. The first-order chi connectivity index (χ1) is 9.90. The molecule has 1 aromatic carbocycles. The molecule has 0 aliphatic carbocycles. The minimum absolute atomic E-state index is 0.570. The van der Waals surface area contributed by atoms with E-state index in [2.05, 4.69) is 32.5 Å². The number of nitrogens with two attached hydrogens (primary N) is 1. The van der Waals surface area contributed by atoms with Crippen LogP contribution in [0.25, 0.3) is 0 Å². The summed E-state index contributed by atoms with van der Waals surface area (Å²) in [4.78, 5) is 10.5. The average Bonchev–Trinajstić information content (AvgIpc) is 2.44. The molecule has 0 unspecified atom stereocenters. The van der Waals surface area contributed by atoms with E-state index in [4.69, 9.17) is 5.73 Å². The molecule has 0 heterocycles. The quantitative estimate of drug-likeness (QED) is 0.387. The summed E-state index contributed by atoms with van der Waals surface area (Å²) in [7, 11) is 3.69. The van der Waals surface area contributed by atoms with Gasteiger partial charge in [0.15, 0.2) is 0 Å². The second-order valence-electron chi connectivity index (χ2n) is 4.49. The third-order valence-electron chi connectivity index (χ3n) is 3.04. The largest absolute Gasteiger partial charge is 0.398 e. The third kappa shape index (κ3) is 4.56. The van der Waals surface area contributed by atoms with Crippen molar-refractivity contribution in [3.63, 3.8) is 0 Å². The molecular formula is C16H21BrN4. The van der Waals surface area contributed by atoms with Gasteiger partial charge in [0.2, 0.25) is 0 Å². The molecule has 0 aromatic heterocycles. The van der Waals surface area contributed by atoms with Crippen LogP contribution in [-0.4, -0.2) is 25.6 Å². The van der Waals surface area contributed by atoms with E-state index >= 15 is 0 Å². The molecule has 0 saturated carbocycles. The van der Waals surface area contributed by atoms with Crippen molar-refractivity contribution < 1.29 is 0 Å². The van der Waals surface area contributed by atoms with E-state index in [9.17, 15) is 0 Å². The molecule has 112 valence electrons. The zero-order valence-corrected chi connectivity index (χ0v) is 14.5. The highest BCUT2D eigenvalue weighted by atomic mass is 79.9. The molecule has 21 heavy (non-hydrogen) atoms. The van der Waals surface area contributed by atoms with Crippen molar-refractivity contribution in [3.8, 4) is 0 Å². The van der Waals surface area contributed by atoms with Crippen LogP contribution in [0, 0.1) is 0 Å². The highest BCUT2D eigenvalue weighted by Gasteiger charge is 2.10. The second-order valence-corrected chi connectivity index (χ2v) is 5.40. The van der Waals surface area contributed by atoms with E-state index in [1.807, 2.05) is 56.1 Å². The maximum Gasteiger partial charge on any atom is 0.133 e. The summed E-state index contributed by atoms with van der Waals surface area (Å²) in [5.41, 5.74) is 9.63. The molecule has 0 amide bonds. The van der Waals surface area contributed by atoms with E-state index in [0.717, 1.165) is 22.8 Å². The van der Waals surface area contributed by atoms with Gasteiger partial charge >= 0.3 is 0 Å². The Morgan fingerprint density at radius 1 is 1.43 bits per heavy atom. The van der Waals surface area contributed by atoms with Gasteiger partial charge in [-0.2, -0.15) is 0 Å². The first-order valence-corrected chi connectivity index (χ1v) is 7.32. The lowest BCUT2D eigenvalue weighted by atomic mass is 10.1. The smallest absolute Gasteiger partial charge is 0.133 e. The van der Waals surface area contributed by atoms with Crippen molar-refractivity contribution in [1.82, 2.24) is 0 Å². The number of likely N-dealkylation sites (N-methyl/N-ethyl adjacent to an activating group) is 1. The fraction of sp³-hybridized carbons (Fsp3) is 0.250. The fourth-order valence-electron chi connectivity index (χ4n) is 1.84. The summed E-state index contributed by atoms with van der Waals surface area (Å²) >= 11 is 3.26. The molecule has 0 aliphatic rings.